The fraction of sp³-hybridized carbons (Fsp3) is 0.128. The lowest BCUT2D eigenvalue weighted by Gasteiger charge is -2.32. The smallest absolute Gasteiger partial charge is 0.174 e. The molecule has 0 heterocycles. The van der Waals surface area contributed by atoms with Crippen LogP contribution in [0, 0.1) is 11.8 Å². The van der Waals surface area contributed by atoms with Gasteiger partial charge >= 0.3 is 0 Å². The molecule has 0 amide bonds. The zero-order valence-corrected chi connectivity index (χ0v) is 24.7. The number of nitrogens with zero attached hydrogens (tertiary/aromatic N) is 1. The van der Waals surface area contributed by atoms with E-state index in [1.54, 1.807) is 121 Å². The average Bonchev–Trinajstić information content (AvgIpc) is 3.09. The molecule has 5 aromatic carbocycles. The Balaban J connectivity index is 1.79. The van der Waals surface area contributed by atoms with Gasteiger partial charge in [0.25, 0.3) is 0 Å². The SMILES string of the molecule is CN(C)c1ccc(C(C(C(=O)c2ccccc2)C(=O)c2ccccc2)C(C(=O)c2ccccc2)C(=O)c2ccccc2)cc1. The van der Waals surface area contributed by atoms with Crippen molar-refractivity contribution >= 4 is 28.8 Å². The van der Waals surface area contributed by atoms with E-state index in [9.17, 15) is 19.2 Å². The quantitative estimate of drug-likeness (QED) is 0.112. The Bertz CT molecular complexity index is 1520. The molecule has 5 aromatic rings. The van der Waals surface area contributed by atoms with Crippen molar-refractivity contribution in [2.24, 2.45) is 11.8 Å². The first-order valence-corrected chi connectivity index (χ1v) is 14.5. The van der Waals surface area contributed by atoms with E-state index < -0.39 is 40.9 Å². The molecular weight excluding hydrogens is 546 g/mol. The van der Waals surface area contributed by atoms with Crippen molar-refractivity contribution in [1.29, 1.82) is 0 Å². The van der Waals surface area contributed by atoms with Crippen molar-refractivity contribution in [3.05, 3.63) is 173 Å². The number of hydrogen-bond acceptors (Lipinski definition) is 5. The summed E-state index contributed by atoms with van der Waals surface area (Å²) in [5.74, 6) is -5.64. The first-order valence-electron chi connectivity index (χ1n) is 14.5. The summed E-state index contributed by atoms with van der Waals surface area (Å²) in [4.78, 5) is 60.0. The monoisotopic (exact) mass is 579 g/mol. The minimum Gasteiger partial charge on any atom is -0.378 e. The van der Waals surface area contributed by atoms with Gasteiger partial charge in [-0.3, -0.25) is 19.2 Å². The van der Waals surface area contributed by atoms with Gasteiger partial charge in [-0.15, -0.1) is 0 Å². The highest BCUT2D eigenvalue weighted by atomic mass is 16.2. The van der Waals surface area contributed by atoms with Crippen LogP contribution in [0.5, 0.6) is 0 Å². The molecule has 5 nitrogen and oxygen atoms in total. The van der Waals surface area contributed by atoms with Crippen LogP contribution < -0.4 is 4.90 Å². The third-order valence-electron chi connectivity index (χ3n) is 7.88. The van der Waals surface area contributed by atoms with Gasteiger partial charge in [0, 0.05) is 48.0 Å². The Morgan fingerprint density at radius 1 is 0.409 bits per heavy atom. The van der Waals surface area contributed by atoms with E-state index in [4.69, 9.17) is 0 Å². The maximum Gasteiger partial charge on any atom is 0.174 e. The Hall–Kier alpha value is -5.42. The molecule has 0 unspecified atom stereocenters. The molecule has 0 atom stereocenters. The number of ketones is 4. The van der Waals surface area contributed by atoms with Crippen LogP contribution in [0.1, 0.15) is 52.9 Å². The van der Waals surface area contributed by atoms with Gasteiger partial charge in [0.2, 0.25) is 0 Å². The van der Waals surface area contributed by atoms with Crippen molar-refractivity contribution in [2.45, 2.75) is 5.92 Å². The Labute approximate surface area is 257 Å². The molecule has 0 spiro atoms. The van der Waals surface area contributed by atoms with Gasteiger partial charge in [0.05, 0.1) is 11.8 Å². The van der Waals surface area contributed by atoms with Crippen LogP contribution in [0.15, 0.2) is 146 Å². The second-order valence-corrected chi connectivity index (χ2v) is 10.9. The third-order valence-corrected chi connectivity index (χ3v) is 7.88. The van der Waals surface area contributed by atoms with E-state index in [1.165, 1.54) is 0 Å². The summed E-state index contributed by atoms with van der Waals surface area (Å²) >= 11 is 0. The highest BCUT2D eigenvalue weighted by molar-refractivity contribution is 6.21. The van der Waals surface area contributed by atoms with Crippen molar-refractivity contribution in [3.8, 4) is 0 Å². The summed E-state index contributed by atoms with van der Waals surface area (Å²) in [6.45, 7) is 0. The lowest BCUT2D eigenvalue weighted by atomic mass is 9.67. The van der Waals surface area contributed by atoms with Crippen molar-refractivity contribution < 1.29 is 19.2 Å². The summed E-state index contributed by atoms with van der Waals surface area (Å²) in [6, 6.07) is 41.7. The first kappa shape index (κ1) is 30.1. The molecule has 218 valence electrons. The maximum atomic E-state index is 14.5. The lowest BCUT2D eigenvalue weighted by molar-refractivity contribution is 0.0692. The molecule has 0 saturated heterocycles. The number of benzene rings is 5. The van der Waals surface area contributed by atoms with Gasteiger partial charge < -0.3 is 4.90 Å². The van der Waals surface area contributed by atoms with Crippen LogP contribution in [-0.4, -0.2) is 37.2 Å². The predicted octanol–water partition coefficient (Wildman–Crippen LogP) is 7.60. The highest BCUT2D eigenvalue weighted by Gasteiger charge is 2.46. The molecule has 0 aromatic heterocycles. The molecular formula is C39H33NO4. The van der Waals surface area contributed by atoms with Gasteiger partial charge in [-0.1, -0.05) is 133 Å². The number of anilines is 1. The first-order chi connectivity index (χ1) is 21.4. The second kappa shape index (κ2) is 13.7. The molecule has 5 heteroatoms. The van der Waals surface area contributed by atoms with Crippen LogP contribution in [0.3, 0.4) is 0 Å². The van der Waals surface area contributed by atoms with E-state index in [1.807, 2.05) is 43.3 Å². The van der Waals surface area contributed by atoms with Gasteiger partial charge in [-0.25, -0.2) is 0 Å². The van der Waals surface area contributed by atoms with Crippen molar-refractivity contribution in [2.75, 3.05) is 19.0 Å². The van der Waals surface area contributed by atoms with Crippen LogP contribution in [0.4, 0.5) is 5.69 Å². The molecule has 0 fully saturated rings. The molecule has 0 aliphatic rings. The molecule has 0 aliphatic heterocycles. The molecule has 0 N–H and O–H groups in total. The fourth-order valence-electron chi connectivity index (χ4n) is 5.59. The summed E-state index contributed by atoms with van der Waals surface area (Å²) in [5.41, 5.74) is 2.76. The van der Waals surface area contributed by atoms with Gasteiger partial charge in [-0.2, -0.15) is 0 Å². The molecule has 0 saturated carbocycles. The number of hydrogen-bond donors (Lipinski definition) is 0. The fourth-order valence-corrected chi connectivity index (χ4v) is 5.59. The number of carbonyl (C=O) groups is 4. The minimum atomic E-state index is -1.37. The summed E-state index contributed by atoms with van der Waals surface area (Å²) < 4.78 is 0. The van der Waals surface area contributed by atoms with Gasteiger partial charge in [0.15, 0.2) is 23.1 Å². The standard InChI is InChI=1S/C39H33NO4/c1-40(2)32-25-23-27(24-26-32)33(34(36(41)28-15-7-3-8-16-28)37(42)29-17-9-4-10-18-29)35(38(43)30-19-11-5-12-20-30)39(44)31-21-13-6-14-22-31/h3-26,33-35H,1-2H3. The van der Waals surface area contributed by atoms with Crippen LogP contribution in [0.25, 0.3) is 0 Å². The Kier molecular flexibility index (Phi) is 9.36. The van der Waals surface area contributed by atoms with E-state index in [0.29, 0.717) is 27.8 Å². The Morgan fingerprint density at radius 3 is 0.932 bits per heavy atom. The third kappa shape index (κ3) is 6.47. The van der Waals surface area contributed by atoms with E-state index in [0.717, 1.165) is 5.69 Å². The molecule has 5 rings (SSSR count). The maximum absolute atomic E-state index is 14.5. The van der Waals surface area contributed by atoms with Crippen molar-refractivity contribution in [3.63, 3.8) is 0 Å². The normalized spacial score (nSPS) is 11.0. The van der Waals surface area contributed by atoms with Crippen molar-refractivity contribution in [1.82, 2.24) is 0 Å². The molecule has 0 aliphatic carbocycles. The molecule has 0 radical (unpaired) electrons. The van der Waals surface area contributed by atoms with Crippen LogP contribution in [0.2, 0.25) is 0 Å². The summed E-state index contributed by atoms with van der Waals surface area (Å²) in [6.07, 6.45) is 0. The predicted molar refractivity (Wildman–Crippen MR) is 174 cm³/mol. The zero-order valence-electron chi connectivity index (χ0n) is 24.7. The second-order valence-electron chi connectivity index (χ2n) is 10.9. The topological polar surface area (TPSA) is 71.5 Å². The van der Waals surface area contributed by atoms with Crippen LogP contribution in [-0.2, 0) is 0 Å². The molecule has 0 bridgehead atoms. The summed E-state index contributed by atoms with van der Waals surface area (Å²) in [5, 5.41) is 0. The number of Topliss-reactive ketones (excluding diaryl/α,β-unsaturated/α-hetero) is 4. The van der Waals surface area contributed by atoms with Gasteiger partial charge in [-0.05, 0) is 17.7 Å². The van der Waals surface area contributed by atoms with E-state index >= 15 is 0 Å². The minimum absolute atomic E-state index is 0.328. The largest absolute Gasteiger partial charge is 0.378 e. The molecule has 44 heavy (non-hydrogen) atoms. The van der Waals surface area contributed by atoms with Gasteiger partial charge in [0.1, 0.15) is 0 Å². The number of rotatable bonds is 12. The average molecular weight is 580 g/mol. The lowest BCUT2D eigenvalue weighted by Crippen LogP contribution is -2.41. The van der Waals surface area contributed by atoms with E-state index in [2.05, 4.69) is 0 Å². The summed E-state index contributed by atoms with van der Waals surface area (Å²) in [7, 11) is 3.82. The highest BCUT2D eigenvalue weighted by Crippen LogP contribution is 2.40. The zero-order chi connectivity index (χ0) is 31.1. The van der Waals surface area contributed by atoms with E-state index in [-0.39, 0.29) is 0 Å². The Morgan fingerprint density at radius 2 is 0.682 bits per heavy atom. The number of carbonyl (C=O) groups excluding carboxylic acids is 4. The van der Waals surface area contributed by atoms with Crippen LogP contribution >= 0.6 is 0 Å².